The van der Waals surface area contributed by atoms with E-state index in [1.807, 2.05) is 11.6 Å². The molecule has 0 atom stereocenters. The number of nitrogens with zero attached hydrogens (tertiary/aromatic N) is 5. The van der Waals surface area contributed by atoms with Crippen molar-refractivity contribution in [3.63, 3.8) is 0 Å². The Balaban J connectivity index is 1.96. The zero-order chi connectivity index (χ0) is 13.8. The first kappa shape index (κ1) is 13.4. The van der Waals surface area contributed by atoms with Gasteiger partial charge in [-0.25, -0.2) is 4.98 Å². The Morgan fingerprint density at radius 2 is 2.37 bits per heavy atom. The smallest absolute Gasteiger partial charge is 0.288 e. The fourth-order valence-electron chi connectivity index (χ4n) is 1.48. The van der Waals surface area contributed by atoms with Crippen molar-refractivity contribution >= 4 is 27.4 Å². The fourth-order valence-corrected chi connectivity index (χ4v) is 1.96. The van der Waals surface area contributed by atoms with Crippen LogP contribution < -0.4 is 5.32 Å². The van der Waals surface area contributed by atoms with Crippen LogP contribution in [0, 0.1) is 10.1 Å². The van der Waals surface area contributed by atoms with E-state index in [2.05, 4.69) is 36.4 Å². The third-order valence-electron chi connectivity index (χ3n) is 2.48. The monoisotopic (exact) mass is 326 g/mol. The molecular formula is C10H11BrN6O2. The van der Waals surface area contributed by atoms with E-state index in [9.17, 15) is 10.1 Å². The van der Waals surface area contributed by atoms with Crippen molar-refractivity contribution in [3.05, 3.63) is 39.0 Å². The number of nitrogens with one attached hydrogen (secondary N) is 1. The number of rotatable bonds is 5. The van der Waals surface area contributed by atoms with Gasteiger partial charge in [0.1, 0.15) is 24.2 Å². The minimum absolute atomic E-state index is 0.0503. The Morgan fingerprint density at radius 1 is 1.58 bits per heavy atom. The Morgan fingerprint density at radius 3 is 2.95 bits per heavy atom. The molecule has 1 N–H and O–H groups in total. The average molecular weight is 327 g/mol. The van der Waals surface area contributed by atoms with E-state index in [0.717, 1.165) is 5.82 Å². The molecule has 0 saturated carbocycles. The summed E-state index contributed by atoms with van der Waals surface area (Å²) in [5, 5.41) is 21.4. The summed E-state index contributed by atoms with van der Waals surface area (Å²) in [7, 11) is 1.87. The Bertz CT molecular complexity index is 599. The van der Waals surface area contributed by atoms with Crippen LogP contribution in [-0.2, 0) is 13.5 Å². The second-order valence-corrected chi connectivity index (χ2v) is 4.67. The molecule has 19 heavy (non-hydrogen) atoms. The summed E-state index contributed by atoms with van der Waals surface area (Å²) in [6.45, 7) is 0.607. The lowest BCUT2D eigenvalue weighted by molar-refractivity contribution is -0.385. The van der Waals surface area contributed by atoms with Crippen LogP contribution in [0.25, 0.3) is 0 Å². The number of aromatic nitrogens is 4. The van der Waals surface area contributed by atoms with Gasteiger partial charge in [0.15, 0.2) is 0 Å². The Hall–Kier alpha value is -2.03. The van der Waals surface area contributed by atoms with Crippen LogP contribution in [0.3, 0.4) is 0 Å². The largest absolute Gasteiger partial charge is 0.369 e. The number of pyridine rings is 1. The second kappa shape index (κ2) is 5.74. The van der Waals surface area contributed by atoms with E-state index in [0.29, 0.717) is 23.3 Å². The molecule has 9 heteroatoms. The summed E-state index contributed by atoms with van der Waals surface area (Å²) in [4.78, 5) is 14.1. The molecule has 0 amide bonds. The molecule has 100 valence electrons. The number of aryl methyl sites for hydroxylation is 1. The van der Waals surface area contributed by atoms with E-state index in [1.54, 1.807) is 6.33 Å². The van der Waals surface area contributed by atoms with Crippen molar-refractivity contribution in [2.24, 2.45) is 7.05 Å². The number of halogens is 1. The third kappa shape index (κ3) is 3.25. The highest BCUT2D eigenvalue weighted by atomic mass is 79.9. The first-order chi connectivity index (χ1) is 9.08. The first-order valence-electron chi connectivity index (χ1n) is 5.44. The lowest BCUT2D eigenvalue weighted by Gasteiger charge is -2.06. The van der Waals surface area contributed by atoms with Gasteiger partial charge in [-0.1, -0.05) is 0 Å². The van der Waals surface area contributed by atoms with Gasteiger partial charge in [0, 0.05) is 26.1 Å². The summed E-state index contributed by atoms with van der Waals surface area (Å²) in [6, 6.07) is 1.41. The average Bonchev–Trinajstić information content (AvgIpc) is 2.77. The fraction of sp³-hybridized carbons (Fsp3) is 0.300. The van der Waals surface area contributed by atoms with Gasteiger partial charge >= 0.3 is 0 Å². The predicted octanol–water partition coefficient (Wildman–Crippen LogP) is 1.54. The lowest BCUT2D eigenvalue weighted by atomic mass is 10.3. The number of anilines is 1. The molecular weight excluding hydrogens is 316 g/mol. The summed E-state index contributed by atoms with van der Waals surface area (Å²) >= 11 is 3.25. The van der Waals surface area contributed by atoms with Gasteiger partial charge in [0.25, 0.3) is 5.69 Å². The molecule has 0 fully saturated rings. The van der Waals surface area contributed by atoms with E-state index in [1.165, 1.54) is 12.3 Å². The molecule has 2 aromatic rings. The van der Waals surface area contributed by atoms with Crippen LogP contribution in [0.4, 0.5) is 11.5 Å². The summed E-state index contributed by atoms with van der Waals surface area (Å²) in [6.07, 6.45) is 3.53. The quantitative estimate of drug-likeness (QED) is 0.660. The molecule has 0 radical (unpaired) electrons. The van der Waals surface area contributed by atoms with Crippen molar-refractivity contribution < 1.29 is 4.92 Å². The topological polar surface area (TPSA) is 98.8 Å². The van der Waals surface area contributed by atoms with Crippen molar-refractivity contribution in [3.8, 4) is 0 Å². The van der Waals surface area contributed by atoms with Gasteiger partial charge in [-0.15, -0.1) is 10.2 Å². The minimum Gasteiger partial charge on any atom is -0.369 e. The van der Waals surface area contributed by atoms with Crippen LogP contribution >= 0.6 is 15.9 Å². The predicted molar refractivity (Wildman–Crippen MR) is 71.8 cm³/mol. The van der Waals surface area contributed by atoms with Gasteiger partial charge in [0.05, 0.1) is 9.40 Å². The molecule has 0 aliphatic rings. The second-order valence-electron chi connectivity index (χ2n) is 3.82. The van der Waals surface area contributed by atoms with E-state index >= 15 is 0 Å². The molecule has 2 rings (SSSR count). The number of hydrogen-bond donors (Lipinski definition) is 1. The van der Waals surface area contributed by atoms with Crippen LogP contribution in [0.2, 0.25) is 0 Å². The number of nitro groups is 1. The molecule has 0 unspecified atom stereocenters. The normalized spacial score (nSPS) is 10.4. The highest BCUT2D eigenvalue weighted by Gasteiger charge is 2.10. The van der Waals surface area contributed by atoms with Gasteiger partial charge in [-0.3, -0.25) is 10.1 Å². The van der Waals surface area contributed by atoms with Crippen molar-refractivity contribution in [2.45, 2.75) is 6.42 Å². The maximum Gasteiger partial charge on any atom is 0.288 e. The SMILES string of the molecule is Cn1cnnc1CCNc1ncc([N+](=O)[O-])cc1Br. The van der Waals surface area contributed by atoms with Crippen LogP contribution in [0.5, 0.6) is 0 Å². The zero-order valence-electron chi connectivity index (χ0n) is 10.1. The summed E-state index contributed by atoms with van der Waals surface area (Å²) < 4.78 is 2.39. The van der Waals surface area contributed by atoms with Crippen LogP contribution in [0.15, 0.2) is 23.1 Å². The maximum atomic E-state index is 10.6. The number of hydrogen-bond acceptors (Lipinski definition) is 6. The Kier molecular flexibility index (Phi) is 4.05. The van der Waals surface area contributed by atoms with Gasteiger partial charge < -0.3 is 9.88 Å². The standard InChI is InChI=1S/C10H11BrN6O2/c1-16-6-14-15-9(16)2-3-12-10-8(11)4-7(5-13-10)17(18)19/h4-6H,2-3H2,1H3,(H,12,13). The molecule has 0 bridgehead atoms. The molecule has 2 heterocycles. The molecule has 0 aliphatic heterocycles. The van der Waals surface area contributed by atoms with Crippen molar-refractivity contribution in [1.82, 2.24) is 19.7 Å². The van der Waals surface area contributed by atoms with Crippen molar-refractivity contribution in [1.29, 1.82) is 0 Å². The zero-order valence-corrected chi connectivity index (χ0v) is 11.7. The molecule has 0 aliphatic carbocycles. The lowest BCUT2D eigenvalue weighted by Crippen LogP contribution is -2.10. The van der Waals surface area contributed by atoms with Crippen LogP contribution in [0.1, 0.15) is 5.82 Å². The van der Waals surface area contributed by atoms with Gasteiger partial charge in [0.2, 0.25) is 0 Å². The molecule has 0 aromatic carbocycles. The molecule has 0 spiro atoms. The van der Waals surface area contributed by atoms with Gasteiger partial charge in [-0.05, 0) is 15.9 Å². The molecule has 0 saturated heterocycles. The van der Waals surface area contributed by atoms with E-state index < -0.39 is 4.92 Å². The minimum atomic E-state index is -0.485. The highest BCUT2D eigenvalue weighted by Crippen LogP contribution is 2.24. The van der Waals surface area contributed by atoms with Crippen molar-refractivity contribution in [2.75, 3.05) is 11.9 Å². The first-order valence-corrected chi connectivity index (χ1v) is 6.24. The summed E-state index contributed by atoms with van der Waals surface area (Å²) in [5.74, 6) is 1.42. The van der Waals surface area contributed by atoms with Gasteiger partial charge in [-0.2, -0.15) is 0 Å². The van der Waals surface area contributed by atoms with Crippen LogP contribution in [-0.4, -0.2) is 31.2 Å². The van der Waals surface area contributed by atoms with E-state index in [4.69, 9.17) is 0 Å². The Labute approximate surface area is 117 Å². The highest BCUT2D eigenvalue weighted by molar-refractivity contribution is 9.10. The third-order valence-corrected chi connectivity index (χ3v) is 3.09. The van der Waals surface area contributed by atoms with E-state index in [-0.39, 0.29) is 5.69 Å². The maximum absolute atomic E-state index is 10.6. The summed E-state index contributed by atoms with van der Waals surface area (Å²) in [5.41, 5.74) is -0.0503. The molecule has 8 nitrogen and oxygen atoms in total. The molecule has 2 aromatic heterocycles.